The molecule has 1 aromatic heterocycles. The van der Waals surface area contributed by atoms with Gasteiger partial charge >= 0.3 is 0 Å². The van der Waals surface area contributed by atoms with Gasteiger partial charge in [-0.05, 0) is 56.0 Å². The average molecular weight is 953 g/mol. The van der Waals surface area contributed by atoms with Crippen LogP contribution in [0.15, 0.2) is 30.5 Å². The van der Waals surface area contributed by atoms with Crippen LogP contribution in [-0.4, -0.2) is 47.9 Å². The molecule has 2 fully saturated rings. The first-order valence-electron chi connectivity index (χ1n) is 10.1. The number of carbonyl (C=O) groups is 1. The fourth-order valence-corrected chi connectivity index (χ4v) is 3.95. The summed E-state index contributed by atoms with van der Waals surface area (Å²) in [5.41, 5.74) is 1.43. The monoisotopic (exact) mass is 952 g/mol. The number of nitrogens with zero attached hydrogens (tertiary/aromatic N) is 3. The van der Waals surface area contributed by atoms with Gasteiger partial charge in [0.15, 0.2) is 5.69 Å². The Hall–Kier alpha value is -4.74. The summed E-state index contributed by atoms with van der Waals surface area (Å²) in [6.45, 7) is 5.33. The van der Waals surface area contributed by atoms with Gasteiger partial charge in [0.1, 0.15) is 11.6 Å². The Bertz CT molecular complexity index is 936. The van der Waals surface area contributed by atoms with Gasteiger partial charge in [-0.2, -0.15) is 18.1 Å². The van der Waals surface area contributed by atoms with Crippen LogP contribution >= 0.6 is 0 Å². The van der Waals surface area contributed by atoms with Gasteiger partial charge in [0.2, 0.25) is 0 Å². The summed E-state index contributed by atoms with van der Waals surface area (Å²) in [6, 6.07) is 6.20. The Morgan fingerprint density at radius 2 is 2.09 bits per heavy atom. The Morgan fingerprint density at radius 3 is 2.73 bits per heavy atom. The van der Waals surface area contributed by atoms with Gasteiger partial charge in [-0.15, -0.1) is 5.10 Å². The van der Waals surface area contributed by atoms with Crippen molar-refractivity contribution in [1.82, 2.24) is 15.5 Å². The Labute approximate surface area is 182 Å². The van der Waals surface area contributed by atoms with E-state index in [1.165, 1.54) is 12.1 Å². The fourth-order valence-electron chi connectivity index (χ4n) is 3.95. The SMILES string of the molecule is COc1ccc(F)cc1CC1(NC(=O)c2cc(N3C[C-](C)O[C@H](C)C3)cnn2)CC1.[CH3-].[Lr].[Lr]. The number of hydrogen-bond acceptors (Lipinski definition) is 6. The summed E-state index contributed by atoms with van der Waals surface area (Å²) in [5, 5.41) is 11.1. The third-order valence-electron chi connectivity index (χ3n) is 5.53. The van der Waals surface area contributed by atoms with E-state index in [1.807, 2.05) is 13.8 Å². The van der Waals surface area contributed by atoms with Crippen LogP contribution in [0.25, 0.3) is 0 Å². The molecule has 1 saturated carbocycles. The van der Waals surface area contributed by atoms with Crippen molar-refractivity contribution >= 4 is 11.6 Å². The predicted molar refractivity (Wildman–Crippen MR) is 116 cm³/mol. The molecule has 33 heavy (non-hydrogen) atoms. The van der Waals surface area contributed by atoms with Gasteiger partial charge in [-0.25, -0.2) is 4.39 Å². The van der Waals surface area contributed by atoms with Crippen molar-refractivity contribution in [2.24, 2.45) is 0 Å². The number of rotatable bonds is 6. The maximum absolute atomic E-state index is 13.7. The molecule has 1 aliphatic carbocycles. The van der Waals surface area contributed by atoms with E-state index in [4.69, 9.17) is 9.47 Å². The minimum absolute atomic E-state index is 0. The normalized spacial score (nSPS) is 18.8. The zero-order valence-corrected chi connectivity index (χ0v) is 23.3. The van der Waals surface area contributed by atoms with Crippen LogP contribution in [0.1, 0.15) is 42.7 Å². The molecule has 1 N–H and O–H groups in total. The topological polar surface area (TPSA) is 76.6 Å². The minimum Gasteiger partial charge on any atom is -0.544 e. The van der Waals surface area contributed by atoms with Gasteiger partial charge in [0.25, 0.3) is 5.91 Å². The van der Waals surface area contributed by atoms with Crippen LogP contribution in [0.4, 0.5) is 10.1 Å². The molecule has 2 heterocycles. The summed E-state index contributed by atoms with van der Waals surface area (Å²) >= 11 is 0. The number of halogens is 1. The van der Waals surface area contributed by atoms with E-state index in [0.717, 1.165) is 30.2 Å². The van der Waals surface area contributed by atoms with E-state index in [9.17, 15) is 9.18 Å². The molecule has 198 valence electrons. The summed E-state index contributed by atoms with van der Waals surface area (Å²) in [7, 11) is 1.56. The van der Waals surface area contributed by atoms with E-state index < -0.39 is 5.54 Å². The van der Waals surface area contributed by atoms with E-state index in [2.05, 4.69) is 20.4 Å². The van der Waals surface area contributed by atoms with Crippen molar-refractivity contribution in [2.45, 2.75) is 44.8 Å². The first kappa shape index (κ1) is 26.3. The molecular weight excluding hydrogens is 923 g/mol. The second-order valence-electron chi connectivity index (χ2n) is 8.18. The average Bonchev–Trinajstić information content (AvgIpc) is 3.46. The number of methoxy groups -OCH3 is 1. The van der Waals surface area contributed by atoms with E-state index in [1.54, 1.807) is 25.4 Å². The summed E-state index contributed by atoms with van der Waals surface area (Å²) in [5.74, 6) is 0.0179. The van der Waals surface area contributed by atoms with Crippen molar-refractivity contribution in [3.05, 3.63) is 61.1 Å². The molecule has 2 aromatic rings. The van der Waals surface area contributed by atoms with E-state index in [-0.39, 0.29) is 30.9 Å². The number of carbonyl (C=O) groups excluding carboxylic acids is 1. The zero-order valence-electron chi connectivity index (χ0n) is 19.0. The third kappa shape index (κ3) is 5.70. The molecule has 0 spiro atoms. The van der Waals surface area contributed by atoms with Crippen molar-refractivity contribution in [2.75, 3.05) is 25.1 Å². The van der Waals surface area contributed by atoms with Gasteiger partial charge in [0, 0.05) is 18.2 Å². The molecule has 2 aliphatic rings. The third-order valence-corrected chi connectivity index (χ3v) is 5.53. The van der Waals surface area contributed by atoms with Crippen LogP contribution in [0.5, 0.6) is 5.75 Å². The molecule has 0 bridgehead atoms. The number of hydrogen-bond donors (Lipinski definition) is 1. The molecule has 1 atom stereocenters. The second-order valence-corrected chi connectivity index (χ2v) is 8.18. The number of benzene rings is 1. The molecule has 2 radical (unpaired) electrons. The number of nitrogens with one attached hydrogen (secondary N) is 1. The summed E-state index contributed by atoms with van der Waals surface area (Å²) < 4.78 is 24.7. The van der Waals surface area contributed by atoms with Crippen molar-refractivity contribution in [3.63, 3.8) is 0 Å². The number of morpholine rings is 1. The number of ether oxygens (including phenoxy) is 2. The maximum Gasteiger partial charge on any atom is 0.272 e. The van der Waals surface area contributed by atoms with E-state index in [0.29, 0.717) is 25.3 Å². The molecule has 1 aromatic carbocycles. The number of anilines is 1. The van der Waals surface area contributed by atoms with Crippen LogP contribution in [-0.2, 0) is 11.2 Å². The molecule has 0 unspecified atom stereocenters. The van der Waals surface area contributed by atoms with E-state index >= 15 is 0 Å². The molecule has 1 saturated heterocycles. The molecule has 1 amide bonds. The molecule has 1 aliphatic heterocycles. The van der Waals surface area contributed by atoms with Crippen molar-refractivity contribution < 1.29 is 18.7 Å². The minimum atomic E-state index is -0.409. The molecule has 4 rings (SSSR count). The van der Waals surface area contributed by atoms with Crippen molar-refractivity contribution in [3.8, 4) is 5.75 Å². The van der Waals surface area contributed by atoms with Crippen LogP contribution in [0.3, 0.4) is 0 Å². The first-order valence-corrected chi connectivity index (χ1v) is 10.1. The Balaban J connectivity index is 0.00000181. The van der Waals surface area contributed by atoms with Crippen molar-refractivity contribution in [1.29, 1.82) is 0 Å². The van der Waals surface area contributed by atoms with Gasteiger partial charge < -0.3 is 27.1 Å². The molecular formula is C23H29FLr2N4O3-2. The van der Waals surface area contributed by atoms with Crippen LogP contribution in [0, 0.1) is 19.3 Å². The smallest absolute Gasteiger partial charge is 0.272 e. The zero-order chi connectivity index (χ0) is 21.3. The number of aromatic nitrogens is 2. The maximum atomic E-state index is 13.7. The number of amides is 1. The predicted octanol–water partition coefficient (Wildman–Crippen LogP) is 3.36. The quantitative estimate of drug-likeness (QED) is 0.449. The molecule has 10 heteroatoms. The van der Waals surface area contributed by atoms with Crippen LogP contribution < -0.4 is 15.0 Å². The summed E-state index contributed by atoms with van der Waals surface area (Å²) in [6.07, 6.45) is 4.80. The van der Waals surface area contributed by atoms with Gasteiger partial charge in [-0.1, -0.05) is 6.54 Å². The standard InChI is InChI=1S/C22H26FN4O3.CH3.2Lr/c1-14-12-27(13-15(2)30-14)18-9-19(26-24-11-18)21(28)25-22(6-7-22)10-16-8-17(23)4-5-20(16)29-3;;;/h4-5,8-9,11,14H,6-7,10,12-13H2,1-3H3,(H,25,28);1H3;;/q2*-1;;/t14-;;;/m1.../s1. The van der Waals surface area contributed by atoms with Gasteiger partial charge in [-0.3, -0.25) is 4.79 Å². The second kappa shape index (κ2) is 10.0. The van der Waals surface area contributed by atoms with Crippen LogP contribution in [0.2, 0.25) is 0 Å². The summed E-state index contributed by atoms with van der Waals surface area (Å²) in [4.78, 5) is 15.0. The Morgan fingerprint density at radius 1 is 1.36 bits per heavy atom. The fraction of sp³-hybridized carbons (Fsp3) is 0.435. The first-order chi connectivity index (χ1) is 14.4. The largest absolute Gasteiger partial charge is 0.544 e. The Kier molecular flexibility index (Phi) is 8.00. The molecule has 7 nitrogen and oxygen atoms in total. The van der Waals surface area contributed by atoms with Gasteiger partial charge in [0.05, 0.1) is 19.0 Å².